The minimum absolute atomic E-state index is 0.596. The van der Waals surface area contributed by atoms with Crippen LogP contribution in [0.3, 0.4) is 0 Å². The van der Waals surface area contributed by atoms with E-state index >= 15 is 0 Å². The molecule has 0 bridgehead atoms. The zero-order chi connectivity index (χ0) is 11.7. The number of aromatic nitrogens is 3. The molecule has 0 saturated carbocycles. The molecule has 6 heteroatoms. The van der Waals surface area contributed by atoms with Crippen molar-refractivity contribution in [1.82, 2.24) is 15.2 Å². The molecule has 17 heavy (non-hydrogen) atoms. The second-order valence-electron chi connectivity index (χ2n) is 3.65. The Labute approximate surface area is 102 Å². The number of benzene rings is 1. The Hall–Kier alpha value is -2.08. The molecule has 0 atom stereocenters. The average molecular weight is 245 g/mol. The Bertz CT molecular complexity index is 609. The fourth-order valence-electron chi connectivity index (χ4n) is 1.58. The summed E-state index contributed by atoms with van der Waals surface area (Å²) >= 11 is 1.63. The summed E-state index contributed by atoms with van der Waals surface area (Å²) in [5, 5.41) is 10.7. The molecule has 0 aliphatic rings. The monoisotopic (exact) mass is 245 g/mol. The smallest absolute Gasteiger partial charge is 0.184 e. The third-order valence-electron chi connectivity index (χ3n) is 2.48. The van der Waals surface area contributed by atoms with Crippen LogP contribution in [0.1, 0.15) is 5.56 Å². The van der Waals surface area contributed by atoms with Crippen LogP contribution in [0.4, 0.5) is 10.9 Å². The molecule has 0 saturated heterocycles. The maximum atomic E-state index is 5.70. The Morgan fingerprint density at radius 3 is 3.00 bits per heavy atom. The van der Waals surface area contributed by atoms with Gasteiger partial charge < -0.3 is 11.1 Å². The van der Waals surface area contributed by atoms with Gasteiger partial charge in [-0.05, 0) is 12.1 Å². The van der Waals surface area contributed by atoms with Gasteiger partial charge in [0.15, 0.2) is 5.13 Å². The number of nitrogens with one attached hydrogen (secondary N) is 2. The van der Waals surface area contributed by atoms with E-state index in [4.69, 9.17) is 5.73 Å². The van der Waals surface area contributed by atoms with Crippen LogP contribution in [-0.2, 0) is 6.54 Å². The first-order valence-electron chi connectivity index (χ1n) is 5.20. The van der Waals surface area contributed by atoms with E-state index in [0.717, 1.165) is 16.2 Å². The highest BCUT2D eigenvalue weighted by atomic mass is 32.1. The molecule has 0 fully saturated rings. The number of fused-ring (bicyclic) bond motifs is 1. The van der Waals surface area contributed by atoms with Gasteiger partial charge in [-0.3, -0.25) is 5.10 Å². The maximum Gasteiger partial charge on any atom is 0.184 e. The normalized spacial score (nSPS) is 10.8. The van der Waals surface area contributed by atoms with Crippen molar-refractivity contribution in [3.8, 4) is 0 Å². The quantitative estimate of drug-likeness (QED) is 0.661. The van der Waals surface area contributed by atoms with E-state index in [0.29, 0.717) is 12.4 Å². The second kappa shape index (κ2) is 4.06. The number of nitrogen functional groups attached to an aromatic ring is 1. The van der Waals surface area contributed by atoms with E-state index in [-0.39, 0.29) is 0 Å². The number of para-hydroxylation sites is 1. The van der Waals surface area contributed by atoms with E-state index in [9.17, 15) is 0 Å². The van der Waals surface area contributed by atoms with E-state index in [1.54, 1.807) is 17.5 Å². The summed E-state index contributed by atoms with van der Waals surface area (Å²) in [6.45, 7) is 0.627. The molecule has 0 spiro atoms. The van der Waals surface area contributed by atoms with Crippen LogP contribution in [-0.4, -0.2) is 15.2 Å². The predicted octanol–water partition coefficient (Wildman–Crippen LogP) is 2.21. The summed E-state index contributed by atoms with van der Waals surface area (Å²) < 4.78 is 1.18. The van der Waals surface area contributed by atoms with Gasteiger partial charge in [0.25, 0.3) is 0 Å². The highest BCUT2D eigenvalue weighted by molar-refractivity contribution is 7.22. The Morgan fingerprint density at radius 1 is 1.35 bits per heavy atom. The molecule has 0 amide bonds. The van der Waals surface area contributed by atoms with Crippen LogP contribution in [0.5, 0.6) is 0 Å². The average Bonchev–Trinajstić information content (AvgIpc) is 2.92. The Kier molecular flexibility index (Phi) is 2.41. The molecule has 3 rings (SSSR count). The molecule has 2 aromatic heterocycles. The van der Waals surface area contributed by atoms with Gasteiger partial charge in [-0.25, -0.2) is 4.98 Å². The maximum absolute atomic E-state index is 5.70. The van der Waals surface area contributed by atoms with Crippen molar-refractivity contribution in [1.29, 1.82) is 0 Å². The van der Waals surface area contributed by atoms with Crippen LogP contribution in [0.15, 0.2) is 30.5 Å². The Morgan fingerprint density at radius 2 is 2.24 bits per heavy atom. The van der Waals surface area contributed by atoms with Crippen molar-refractivity contribution in [2.75, 3.05) is 11.1 Å². The lowest BCUT2D eigenvalue weighted by atomic mass is 10.3. The van der Waals surface area contributed by atoms with Crippen LogP contribution in [0.2, 0.25) is 0 Å². The lowest BCUT2D eigenvalue weighted by molar-refractivity contribution is 1.10. The zero-order valence-electron chi connectivity index (χ0n) is 8.97. The number of anilines is 2. The third kappa shape index (κ3) is 1.94. The van der Waals surface area contributed by atoms with Crippen molar-refractivity contribution in [3.05, 3.63) is 36.0 Å². The summed E-state index contributed by atoms with van der Waals surface area (Å²) in [7, 11) is 0. The standard InChI is InChI=1S/C11H11N5S/c12-10-7(6-14-16-10)5-13-11-15-8-3-1-2-4-9(8)17-11/h1-4,6H,5H2,(H,13,15)(H3,12,14,16). The topological polar surface area (TPSA) is 79.6 Å². The molecule has 0 unspecified atom stereocenters. The lowest BCUT2D eigenvalue weighted by Crippen LogP contribution is -2.00. The molecular weight excluding hydrogens is 234 g/mol. The Balaban J connectivity index is 1.79. The van der Waals surface area contributed by atoms with Crippen LogP contribution in [0.25, 0.3) is 10.2 Å². The first kappa shape index (κ1) is 10.1. The van der Waals surface area contributed by atoms with Gasteiger partial charge in [0.2, 0.25) is 0 Å². The van der Waals surface area contributed by atoms with Crippen molar-refractivity contribution in [3.63, 3.8) is 0 Å². The number of hydrogen-bond donors (Lipinski definition) is 3. The molecule has 86 valence electrons. The number of hydrogen-bond acceptors (Lipinski definition) is 5. The molecule has 5 nitrogen and oxygen atoms in total. The van der Waals surface area contributed by atoms with E-state index in [1.165, 1.54) is 4.70 Å². The molecule has 3 aromatic rings. The summed E-state index contributed by atoms with van der Waals surface area (Å²) in [6.07, 6.45) is 1.72. The van der Waals surface area contributed by atoms with Gasteiger partial charge >= 0.3 is 0 Å². The molecule has 0 aliphatic carbocycles. The van der Waals surface area contributed by atoms with E-state index in [1.807, 2.05) is 18.2 Å². The molecular formula is C11H11N5S. The first-order chi connectivity index (χ1) is 8.33. The van der Waals surface area contributed by atoms with E-state index in [2.05, 4.69) is 26.6 Å². The SMILES string of the molecule is Nc1[nH]ncc1CNc1nc2ccccc2s1. The van der Waals surface area contributed by atoms with Gasteiger partial charge in [0, 0.05) is 12.1 Å². The van der Waals surface area contributed by atoms with Gasteiger partial charge in [0.05, 0.1) is 16.4 Å². The van der Waals surface area contributed by atoms with Crippen LogP contribution in [0, 0.1) is 0 Å². The van der Waals surface area contributed by atoms with Crippen LogP contribution >= 0.6 is 11.3 Å². The van der Waals surface area contributed by atoms with Crippen molar-refractivity contribution in [2.24, 2.45) is 0 Å². The molecule has 2 heterocycles. The number of rotatable bonds is 3. The fourth-order valence-corrected chi connectivity index (χ4v) is 2.44. The van der Waals surface area contributed by atoms with Gasteiger partial charge in [-0.15, -0.1) is 0 Å². The summed E-state index contributed by atoms with van der Waals surface area (Å²) in [5.74, 6) is 0.596. The van der Waals surface area contributed by atoms with Crippen LogP contribution < -0.4 is 11.1 Å². The van der Waals surface area contributed by atoms with Gasteiger partial charge in [0.1, 0.15) is 5.82 Å². The van der Waals surface area contributed by atoms with Crippen molar-refractivity contribution >= 4 is 32.5 Å². The summed E-state index contributed by atoms with van der Waals surface area (Å²) in [4.78, 5) is 4.48. The lowest BCUT2D eigenvalue weighted by Gasteiger charge is -1.99. The molecule has 4 N–H and O–H groups in total. The minimum atomic E-state index is 0.596. The third-order valence-corrected chi connectivity index (χ3v) is 3.47. The van der Waals surface area contributed by atoms with E-state index < -0.39 is 0 Å². The highest BCUT2D eigenvalue weighted by Gasteiger charge is 2.04. The number of nitrogens with zero attached hydrogens (tertiary/aromatic N) is 2. The van der Waals surface area contributed by atoms with Crippen molar-refractivity contribution < 1.29 is 0 Å². The number of H-pyrrole nitrogens is 1. The second-order valence-corrected chi connectivity index (χ2v) is 4.68. The number of aromatic amines is 1. The van der Waals surface area contributed by atoms with Gasteiger partial charge in [-0.1, -0.05) is 23.5 Å². The minimum Gasteiger partial charge on any atom is -0.384 e. The first-order valence-corrected chi connectivity index (χ1v) is 6.02. The number of nitrogens with two attached hydrogens (primary N) is 1. The van der Waals surface area contributed by atoms with Gasteiger partial charge in [-0.2, -0.15) is 5.10 Å². The molecule has 0 aliphatic heterocycles. The number of thiazole rings is 1. The molecule has 0 radical (unpaired) electrons. The van der Waals surface area contributed by atoms with Crippen molar-refractivity contribution in [2.45, 2.75) is 6.54 Å². The summed E-state index contributed by atoms with van der Waals surface area (Å²) in [5.41, 5.74) is 7.67. The zero-order valence-corrected chi connectivity index (χ0v) is 9.79. The highest BCUT2D eigenvalue weighted by Crippen LogP contribution is 2.25. The summed E-state index contributed by atoms with van der Waals surface area (Å²) in [6, 6.07) is 8.06. The fraction of sp³-hybridized carbons (Fsp3) is 0.0909. The predicted molar refractivity (Wildman–Crippen MR) is 69.9 cm³/mol. The largest absolute Gasteiger partial charge is 0.384 e. The molecule has 1 aromatic carbocycles.